The Hall–Kier alpha value is -1.89. The van der Waals surface area contributed by atoms with Crippen molar-refractivity contribution >= 4 is 5.78 Å². The molecule has 1 heteroatoms. The van der Waals surface area contributed by atoms with Gasteiger partial charge in [-0.3, -0.25) is 4.79 Å². The van der Waals surface area contributed by atoms with E-state index < -0.39 is 0 Å². The van der Waals surface area contributed by atoms with Gasteiger partial charge >= 0.3 is 0 Å². The van der Waals surface area contributed by atoms with E-state index in [9.17, 15) is 4.79 Å². The number of rotatable bonds is 3. The van der Waals surface area contributed by atoms with Crippen molar-refractivity contribution in [2.24, 2.45) is 0 Å². The standard InChI is InChI=1S/C19H22O/c1-5-15-16(12-9-13-17(15)19(2,3)4)18(20)14-10-7-6-8-11-14/h6-13H,5H2,1-4H3. The number of carbonyl (C=O) groups is 1. The Balaban J connectivity index is 2.56. The minimum Gasteiger partial charge on any atom is -0.289 e. The summed E-state index contributed by atoms with van der Waals surface area (Å²) in [4.78, 5) is 12.7. The molecule has 0 heterocycles. The van der Waals surface area contributed by atoms with E-state index in [1.54, 1.807) is 0 Å². The van der Waals surface area contributed by atoms with Crippen molar-refractivity contribution in [3.8, 4) is 0 Å². The summed E-state index contributed by atoms with van der Waals surface area (Å²) in [5.41, 5.74) is 4.09. The highest BCUT2D eigenvalue weighted by Crippen LogP contribution is 2.29. The molecular formula is C19H22O. The van der Waals surface area contributed by atoms with E-state index in [4.69, 9.17) is 0 Å². The quantitative estimate of drug-likeness (QED) is 0.731. The van der Waals surface area contributed by atoms with E-state index >= 15 is 0 Å². The molecule has 2 aromatic carbocycles. The first-order valence-corrected chi connectivity index (χ1v) is 7.17. The molecule has 0 atom stereocenters. The molecule has 2 rings (SSSR count). The van der Waals surface area contributed by atoms with Gasteiger partial charge in [0.1, 0.15) is 0 Å². The van der Waals surface area contributed by atoms with Crippen LogP contribution >= 0.6 is 0 Å². The summed E-state index contributed by atoms with van der Waals surface area (Å²) in [6.07, 6.45) is 0.876. The van der Waals surface area contributed by atoms with Crippen molar-refractivity contribution in [1.82, 2.24) is 0 Å². The Kier molecular flexibility index (Phi) is 4.08. The topological polar surface area (TPSA) is 17.1 Å². The summed E-state index contributed by atoms with van der Waals surface area (Å²) in [5, 5.41) is 0. The normalized spacial score (nSPS) is 11.4. The minimum absolute atomic E-state index is 0.0539. The van der Waals surface area contributed by atoms with Crippen LogP contribution < -0.4 is 0 Å². The van der Waals surface area contributed by atoms with E-state index in [-0.39, 0.29) is 11.2 Å². The second kappa shape index (κ2) is 5.62. The summed E-state index contributed by atoms with van der Waals surface area (Å²) in [5.74, 6) is 0.119. The van der Waals surface area contributed by atoms with E-state index in [1.807, 2.05) is 42.5 Å². The van der Waals surface area contributed by atoms with Crippen LogP contribution in [0.15, 0.2) is 48.5 Å². The smallest absolute Gasteiger partial charge is 0.193 e. The Morgan fingerprint density at radius 2 is 1.60 bits per heavy atom. The number of benzene rings is 2. The van der Waals surface area contributed by atoms with Gasteiger partial charge in [-0.15, -0.1) is 0 Å². The highest BCUT2D eigenvalue weighted by molar-refractivity contribution is 6.10. The van der Waals surface area contributed by atoms with Crippen LogP contribution in [0.25, 0.3) is 0 Å². The maximum absolute atomic E-state index is 12.7. The Bertz CT molecular complexity index is 603. The van der Waals surface area contributed by atoms with Gasteiger partial charge in [0.05, 0.1) is 0 Å². The Morgan fingerprint density at radius 1 is 0.950 bits per heavy atom. The summed E-state index contributed by atoms with van der Waals surface area (Å²) in [6, 6.07) is 15.6. The number of hydrogen-bond acceptors (Lipinski definition) is 1. The van der Waals surface area contributed by atoms with Gasteiger partial charge < -0.3 is 0 Å². The van der Waals surface area contributed by atoms with Gasteiger partial charge in [0.2, 0.25) is 0 Å². The van der Waals surface area contributed by atoms with Crippen LogP contribution in [0.4, 0.5) is 0 Å². The lowest BCUT2D eigenvalue weighted by molar-refractivity contribution is 0.103. The first-order chi connectivity index (χ1) is 9.45. The van der Waals surface area contributed by atoms with Crippen LogP contribution in [0.3, 0.4) is 0 Å². The van der Waals surface area contributed by atoms with Gasteiger partial charge in [-0.2, -0.15) is 0 Å². The lowest BCUT2D eigenvalue weighted by atomic mass is 9.80. The second-order valence-corrected chi connectivity index (χ2v) is 6.13. The molecular weight excluding hydrogens is 244 g/mol. The zero-order valence-electron chi connectivity index (χ0n) is 12.7. The Labute approximate surface area is 121 Å². The third-order valence-corrected chi connectivity index (χ3v) is 3.62. The van der Waals surface area contributed by atoms with Crippen molar-refractivity contribution in [3.63, 3.8) is 0 Å². The summed E-state index contributed by atoms with van der Waals surface area (Å²) in [7, 11) is 0. The minimum atomic E-state index is 0.0539. The third kappa shape index (κ3) is 2.82. The molecule has 0 fully saturated rings. The molecule has 0 bridgehead atoms. The lowest BCUT2D eigenvalue weighted by Gasteiger charge is -2.24. The first-order valence-electron chi connectivity index (χ1n) is 7.17. The molecule has 0 aliphatic carbocycles. The average molecular weight is 266 g/mol. The summed E-state index contributed by atoms with van der Waals surface area (Å²) >= 11 is 0. The predicted octanol–water partition coefficient (Wildman–Crippen LogP) is 4.78. The molecule has 0 amide bonds. The molecule has 0 spiro atoms. The maximum Gasteiger partial charge on any atom is 0.193 e. The number of hydrogen-bond donors (Lipinski definition) is 0. The largest absolute Gasteiger partial charge is 0.289 e. The van der Waals surface area contributed by atoms with Crippen LogP contribution in [-0.4, -0.2) is 5.78 Å². The molecule has 1 nitrogen and oxygen atoms in total. The van der Waals surface area contributed by atoms with Gasteiger partial charge in [-0.05, 0) is 23.0 Å². The van der Waals surface area contributed by atoms with Crippen LogP contribution in [0.2, 0.25) is 0 Å². The van der Waals surface area contributed by atoms with Crippen molar-refractivity contribution in [3.05, 3.63) is 70.8 Å². The molecule has 0 N–H and O–H groups in total. The fourth-order valence-electron chi connectivity index (χ4n) is 2.63. The van der Waals surface area contributed by atoms with Gasteiger partial charge in [0.25, 0.3) is 0 Å². The van der Waals surface area contributed by atoms with Crippen LogP contribution in [0.5, 0.6) is 0 Å². The molecule has 0 unspecified atom stereocenters. The van der Waals surface area contributed by atoms with Crippen molar-refractivity contribution in [2.75, 3.05) is 0 Å². The maximum atomic E-state index is 12.7. The third-order valence-electron chi connectivity index (χ3n) is 3.62. The fraction of sp³-hybridized carbons (Fsp3) is 0.316. The zero-order valence-corrected chi connectivity index (χ0v) is 12.7. The van der Waals surface area contributed by atoms with Crippen LogP contribution in [0, 0.1) is 0 Å². The molecule has 0 aliphatic rings. The molecule has 0 aromatic heterocycles. The Morgan fingerprint density at radius 3 is 2.15 bits per heavy atom. The van der Waals surface area contributed by atoms with E-state index in [2.05, 4.69) is 33.8 Å². The van der Waals surface area contributed by atoms with Crippen molar-refractivity contribution < 1.29 is 4.79 Å². The van der Waals surface area contributed by atoms with Gasteiger partial charge in [0, 0.05) is 11.1 Å². The lowest BCUT2D eigenvalue weighted by Crippen LogP contribution is -2.17. The first kappa shape index (κ1) is 14.5. The van der Waals surface area contributed by atoms with Crippen molar-refractivity contribution in [2.45, 2.75) is 39.5 Å². The van der Waals surface area contributed by atoms with E-state index in [1.165, 1.54) is 11.1 Å². The molecule has 20 heavy (non-hydrogen) atoms. The average Bonchev–Trinajstić information content (AvgIpc) is 2.45. The van der Waals surface area contributed by atoms with Crippen LogP contribution in [-0.2, 0) is 11.8 Å². The number of carbonyl (C=O) groups excluding carboxylic acids is 1. The predicted molar refractivity (Wildman–Crippen MR) is 84.4 cm³/mol. The zero-order chi connectivity index (χ0) is 14.8. The van der Waals surface area contributed by atoms with Gasteiger partial charge in [-0.25, -0.2) is 0 Å². The van der Waals surface area contributed by atoms with Gasteiger partial charge in [0.15, 0.2) is 5.78 Å². The number of ketones is 1. The molecule has 0 aliphatic heterocycles. The monoisotopic (exact) mass is 266 g/mol. The molecule has 104 valence electrons. The molecule has 0 saturated heterocycles. The summed E-state index contributed by atoms with van der Waals surface area (Å²) < 4.78 is 0. The molecule has 0 saturated carbocycles. The SMILES string of the molecule is CCc1c(C(=O)c2ccccc2)cccc1C(C)(C)C. The highest BCUT2D eigenvalue weighted by Gasteiger charge is 2.21. The van der Waals surface area contributed by atoms with E-state index in [0.717, 1.165) is 17.5 Å². The van der Waals surface area contributed by atoms with Gasteiger partial charge in [-0.1, -0.05) is 76.2 Å². The molecule has 0 radical (unpaired) electrons. The molecule has 2 aromatic rings. The fourth-order valence-corrected chi connectivity index (χ4v) is 2.63. The van der Waals surface area contributed by atoms with Crippen LogP contribution in [0.1, 0.15) is 54.7 Å². The van der Waals surface area contributed by atoms with Crippen molar-refractivity contribution in [1.29, 1.82) is 0 Å². The highest BCUT2D eigenvalue weighted by atomic mass is 16.1. The second-order valence-electron chi connectivity index (χ2n) is 6.13. The van der Waals surface area contributed by atoms with E-state index in [0.29, 0.717) is 0 Å². The summed E-state index contributed by atoms with van der Waals surface area (Å²) in [6.45, 7) is 8.70.